The van der Waals surface area contributed by atoms with E-state index in [9.17, 15) is 22.8 Å². The molecule has 0 saturated carbocycles. The highest BCUT2D eigenvalue weighted by Crippen LogP contribution is 2.35. The van der Waals surface area contributed by atoms with Gasteiger partial charge in [-0.05, 0) is 29.8 Å². The molecule has 2 heterocycles. The molecule has 1 aromatic heterocycles. The summed E-state index contributed by atoms with van der Waals surface area (Å²) in [4.78, 5) is 33.3. The monoisotopic (exact) mass is 485 g/mol. The first-order chi connectivity index (χ1) is 16.8. The molecule has 0 radical (unpaired) electrons. The topological polar surface area (TPSA) is 105 Å². The molecule has 3 N–H and O–H groups in total. The molecule has 1 aliphatic heterocycles. The van der Waals surface area contributed by atoms with E-state index in [1.807, 2.05) is 0 Å². The summed E-state index contributed by atoms with van der Waals surface area (Å²) in [6.07, 6.45) is -0.0527. The molecule has 2 amide bonds. The molecular weight excluding hydrogens is 463 g/mol. The number of hydrogen-bond acceptors (Lipinski definition) is 6. The first kappa shape index (κ1) is 24.1. The van der Waals surface area contributed by atoms with Crippen molar-refractivity contribution in [2.45, 2.75) is 24.7 Å². The minimum Gasteiger partial charge on any atom is -0.378 e. The molecule has 182 valence electrons. The Morgan fingerprint density at radius 1 is 1.06 bits per heavy atom. The summed E-state index contributed by atoms with van der Waals surface area (Å²) < 4.78 is 45.0. The number of halogens is 3. The van der Waals surface area contributed by atoms with Crippen LogP contribution in [-0.2, 0) is 22.3 Å². The molecule has 0 spiro atoms. The van der Waals surface area contributed by atoms with Crippen LogP contribution in [0.1, 0.15) is 28.0 Å². The van der Waals surface area contributed by atoms with Crippen LogP contribution in [0.2, 0.25) is 0 Å². The van der Waals surface area contributed by atoms with Crippen LogP contribution in [0.3, 0.4) is 0 Å². The average Bonchev–Trinajstić information content (AvgIpc) is 3.33. The summed E-state index contributed by atoms with van der Waals surface area (Å²) in [6.45, 7) is 0.487. The van der Waals surface area contributed by atoms with Gasteiger partial charge in [-0.1, -0.05) is 24.3 Å². The van der Waals surface area contributed by atoms with Crippen LogP contribution in [-0.4, -0.2) is 40.5 Å². The fourth-order valence-electron chi connectivity index (χ4n) is 3.65. The van der Waals surface area contributed by atoms with Crippen LogP contribution in [0.25, 0.3) is 0 Å². The van der Waals surface area contributed by atoms with Gasteiger partial charge in [0.15, 0.2) is 0 Å². The molecule has 1 atom stereocenters. The molecule has 11 heteroatoms. The number of carbonyl (C=O) groups is 2. The summed E-state index contributed by atoms with van der Waals surface area (Å²) in [5.74, 6) is -0.943. The molecule has 0 bridgehead atoms. The van der Waals surface area contributed by atoms with Crippen molar-refractivity contribution in [3.05, 3.63) is 83.9 Å². The van der Waals surface area contributed by atoms with E-state index < -0.39 is 29.1 Å². The third kappa shape index (κ3) is 5.75. The molecule has 0 aliphatic carbocycles. The van der Waals surface area contributed by atoms with Crippen LogP contribution in [0, 0.1) is 0 Å². The van der Waals surface area contributed by atoms with Crippen LogP contribution < -0.4 is 16.0 Å². The Balaban J connectivity index is 1.38. The fourth-order valence-corrected chi connectivity index (χ4v) is 3.65. The van der Waals surface area contributed by atoms with E-state index in [0.717, 1.165) is 11.6 Å². The van der Waals surface area contributed by atoms with Gasteiger partial charge in [0, 0.05) is 37.7 Å². The number of ether oxygens (including phenoxy) is 1. The maximum Gasteiger partial charge on any atom is 0.418 e. The van der Waals surface area contributed by atoms with Crippen molar-refractivity contribution < 1.29 is 27.5 Å². The quantitative estimate of drug-likeness (QED) is 0.474. The molecule has 4 rings (SSSR count). The van der Waals surface area contributed by atoms with E-state index >= 15 is 0 Å². The zero-order valence-corrected chi connectivity index (χ0v) is 18.4. The lowest BCUT2D eigenvalue weighted by atomic mass is 9.97. The van der Waals surface area contributed by atoms with Gasteiger partial charge in [0.25, 0.3) is 5.91 Å². The molecule has 1 aliphatic rings. The summed E-state index contributed by atoms with van der Waals surface area (Å²) in [7, 11) is 0. The zero-order chi connectivity index (χ0) is 24.9. The Morgan fingerprint density at radius 3 is 2.49 bits per heavy atom. The fraction of sp³-hybridized carbons (Fsp3) is 0.250. The number of hydrogen-bond donors (Lipinski definition) is 3. The number of para-hydroxylation sites is 1. The van der Waals surface area contributed by atoms with Crippen LogP contribution in [0.4, 0.5) is 24.5 Å². The smallest absolute Gasteiger partial charge is 0.378 e. The Labute approximate surface area is 198 Å². The number of rotatable bonds is 7. The SMILES string of the molecule is O=C(N[C@@]1(C(=O)NCc2ccc(Nc3ccccc3C(F)(F)F)cc2)CCOC1)c1cnccn1. The Bertz CT molecular complexity index is 1180. The van der Waals surface area contributed by atoms with Crippen molar-refractivity contribution in [2.24, 2.45) is 0 Å². The highest BCUT2D eigenvalue weighted by molar-refractivity contribution is 5.98. The minimum absolute atomic E-state index is 0.0201. The van der Waals surface area contributed by atoms with E-state index in [-0.39, 0.29) is 24.5 Å². The van der Waals surface area contributed by atoms with E-state index in [1.165, 1.54) is 36.8 Å². The van der Waals surface area contributed by atoms with Gasteiger partial charge in [-0.3, -0.25) is 14.6 Å². The number of alkyl halides is 3. The second kappa shape index (κ2) is 10.1. The summed E-state index contributed by atoms with van der Waals surface area (Å²) in [5.41, 5.74) is -0.776. The third-order valence-corrected chi connectivity index (χ3v) is 5.52. The van der Waals surface area contributed by atoms with Crippen molar-refractivity contribution in [1.29, 1.82) is 0 Å². The van der Waals surface area contributed by atoms with Gasteiger partial charge in [0.05, 0.1) is 24.1 Å². The normalized spacial score (nSPS) is 17.6. The molecule has 1 saturated heterocycles. The number of amides is 2. The number of carbonyl (C=O) groups excluding carboxylic acids is 2. The van der Waals surface area contributed by atoms with Gasteiger partial charge in [-0.15, -0.1) is 0 Å². The summed E-state index contributed by atoms with van der Waals surface area (Å²) in [5, 5.41) is 8.29. The molecular formula is C24H22F3N5O3. The third-order valence-electron chi connectivity index (χ3n) is 5.52. The lowest BCUT2D eigenvalue weighted by molar-refractivity contribution is -0.137. The molecule has 3 aromatic rings. The number of anilines is 2. The predicted molar refractivity (Wildman–Crippen MR) is 121 cm³/mol. The zero-order valence-electron chi connectivity index (χ0n) is 18.4. The van der Waals surface area contributed by atoms with Crippen molar-refractivity contribution >= 4 is 23.2 Å². The first-order valence-corrected chi connectivity index (χ1v) is 10.7. The average molecular weight is 485 g/mol. The van der Waals surface area contributed by atoms with E-state index in [0.29, 0.717) is 18.7 Å². The van der Waals surface area contributed by atoms with Crippen molar-refractivity contribution in [2.75, 3.05) is 18.5 Å². The number of nitrogens with zero attached hydrogens (tertiary/aromatic N) is 2. The van der Waals surface area contributed by atoms with Crippen molar-refractivity contribution in [3.8, 4) is 0 Å². The predicted octanol–water partition coefficient (Wildman–Crippen LogP) is 3.44. The van der Waals surface area contributed by atoms with Gasteiger partial charge in [-0.25, -0.2) is 4.98 Å². The largest absolute Gasteiger partial charge is 0.418 e. The number of benzene rings is 2. The number of nitrogens with one attached hydrogen (secondary N) is 3. The van der Waals surface area contributed by atoms with Crippen LogP contribution in [0.5, 0.6) is 0 Å². The lowest BCUT2D eigenvalue weighted by Gasteiger charge is -2.27. The van der Waals surface area contributed by atoms with Crippen molar-refractivity contribution in [1.82, 2.24) is 20.6 Å². The standard InChI is InChI=1S/C24H22F3N5O3/c25-24(26,27)18-3-1-2-4-19(18)31-17-7-5-16(6-8-17)13-30-22(34)23(9-12-35-15-23)32-21(33)20-14-28-10-11-29-20/h1-8,10-11,14,31H,9,12-13,15H2,(H,30,34)(H,32,33)/t23-/m0/s1. The van der Waals surface area contributed by atoms with Gasteiger partial charge in [0.1, 0.15) is 11.2 Å². The highest BCUT2D eigenvalue weighted by atomic mass is 19.4. The van der Waals surface area contributed by atoms with Gasteiger partial charge in [-0.2, -0.15) is 13.2 Å². The molecule has 1 fully saturated rings. The molecule has 35 heavy (non-hydrogen) atoms. The Hall–Kier alpha value is -3.99. The maximum absolute atomic E-state index is 13.2. The van der Waals surface area contributed by atoms with Crippen LogP contribution in [0.15, 0.2) is 67.1 Å². The molecule has 2 aromatic carbocycles. The second-order valence-corrected chi connectivity index (χ2v) is 7.98. The lowest BCUT2D eigenvalue weighted by Crippen LogP contribution is -2.59. The Morgan fingerprint density at radius 2 is 1.83 bits per heavy atom. The first-order valence-electron chi connectivity index (χ1n) is 10.7. The van der Waals surface area contributed by atoms with Gasteiger partial charge >= 0.3 is 6.18 Å². The van der Waals surface area contributed by atoms with Gasteiger partial charge in [0.2, 0.25) is 5.91 Å². The summed E-state index contributed by atoms with van der Waals surface area (Å²) >= 11 is 0. The molecule has 8 nitrogen and oxygen atoms in total. The molecule has 0 unspecified atom stereocenters. The van der Waals surface area contributed by atoms with Gasteiger partial charge < -0.3 is 20.7 Å². The maximum atomic E-state index is 13.2. The summed E-state index contributed by atoms with van der Waals surface area (Å²) in [6, 6.07) is 11.8. The van der Waals surface area contributed by atoms with Crippen molar-refractivity contribution in [3.63, 3.8) is 0 Å². The highest BCUT2D eigenvalue weighted by Gasteiger charge is 2.44. The minimum atomic E-state index is -4.48. The second-order valence-electron chi connectivity index (χ2n) is 7.98. The van der Waals surface area contributed by atoms with E-state index in [4.69, 9.17) is 4.74 Å². The Kier molecular flexibility index (Phi) is 6.97. The van der Waals surface area contributed by atoms with E-state index in [2.05, 4.69) is 25.9 Å². The number of aromatic nitrogens is 2. The van der Waals surface area contributed by atoms with E-state index in [1.54, 1.807) is 24.3 Å². The van der Waals surface area contributed by atoms with Crippen LogP contribution >= 0.6 is 0 Å².